The van der Waals surface area contributed by atoms with Gasteiger partial charge >= 0.3 is 0 Å². The number of rotatable bonds is 5. The molecule has 0 bridgehead atoms. The number of carbonyl (C=O) groups excluding carboxylic acids is 1. The summed E-state index contributed by atoms with van der Waals surface area (Å²) in [5.74, 6) is 0.879. The van der Waals surface area contributed by atoms with Crippen LogP contribution in [0.3, 0.4) is 0 Å². The number of aromatic hydroxyl groups is 1. The van der Waals surface area contributed by atoms with Crippen molar-refractivity contribution < 1.29 is 14.6 Å². The number of ether oxygens (including phenoxy) is 1. The van der Waals surface area contributed by atoms with E-state index in [9.17, 15) is 9.90 Å². The van der Waals surface area contributed by atoms with E-state index < -0.39 is 0 Å². The van der Waals surface area contributed by atoms with Gasteiger partial charge in [-0.05, 0) is 48.9 Å². The molecule has 104 valence electrons. The van der Waals surface area contributed by atoms with E-state index >= 15 is 0 Å². The van der Waals surface area contributed by atoms with E-state index in [1.165, 1.54) is 0 Å². The number of hydrogen-bond acceptors (Lipinski definition) is 3. The van der Waals surface area contributed by atoms with E-state index in [1.54, 1.807) is 36.4 Å². The summed E-state index contributed by atoms with van der Waals surface area (Å²) in [7, 11) is 0. The fourth-order valence-electron chi connectivity index (χ4n) is 1.81. The van der Waals surface area contributed by atoms with Gasteiger partial charge in [0.15, 0.2) is 0 Å². The first-order valence-corrected chi connectivity index (χ1v) is 6.48. The van der Waals surface area contributed by atoms with E-state index in [-0.39, 0.29) is 18.1 Å². The Labute approximate surface area is 118 Å². The van der Waals surface area contributed by atoms with Crippen molar-refractivity contribution in [3.8, 4) is 11.5 Å². The van der Waals surface area contributed by atoms with Crippen molar-refractivity contribution in [1.29, 1.82) is 0 Å². The molecule has 0 saturated heterocycles. The number of benzene rings is 2. The minimum atomic E-state index is -0.0974. The Morgan fingerprint density at radius 3 is 2.35 bits per heavy atom. The molecule has 20 heavy (non-hydrogen) atoms. The largest absolute Gasteiger partial charge is 0.508 e. The lowest BCUT2D eigenvalue weighted by Gasteiger charge is -2.07. The first-order valence-electron chi connectivity index (χ1n) is 6.48. The molecule has 0 aliphatic rings. The van der Waals surface area contributed by atoms with Crippen molar-refractivity contribution >= 4 is 11.6 Å². The second-order valence-corrected chi connectivity index (χ2v) is 4.35. The molecule has 0 radical (unpaired) electrons. The molecule has 0 aliphatic carbocycles. The first kappa shape index (κ1) is 13.9. The van der Waals surface area contributed by atoms with Gasteiger partial charge in [0.2, 0.25) is 5.91 Å². The monoisotopic (exact) mass is 271 g/mol. The van der Waals surface area contributed by atoms with E-state index in [1.807, 2.05) is 19.1 Å². The van der Waals surface area contributed by atoms with Gasteiger partial charge in [-0.2, -0.15) is 0 Å². The second-order valence-electron chi connectivity index (χ2n) is 4.35. The van der Waals surface area contributed by atoms with Crippen LogP contribution < -0.4 is 10.1 Å². The van der Waals surface area contributed by atoms with Crippen LogP contribution in [0.15, 0.2) is 48.5 Å². The van der Waals surface area contributed by atoms with Gasteiger partial charge in [-0.25, -0.2) is 0 Å². The number of phenolic OH excluding ortho intramolecular Hbond substituents is 1. The van der Waals surface area contributed by atoms with E-state index in [0.717, 1.165) is 17.0 Å². The third-order valence-electron chi connectivity index (χ3n) is 2.75. The molecule has 0 atom stereocenters. The molecule has 0 unspecified atom stereocenters. The maximum absolute atomic E-state index is 11.9. The van der Waals surface area contributed by atoms with Crippen LogP contribution in [-0.2, 0) is 11.2 Å². The predicted octanol–water partition coefficient (Wildman–Crippen LogP) is 2.97. The average Bonchev–Trinajstić information content (AvgIpc) is 2.44. The van der Waals surface area contributed by atoms with E-state index in [2.05, 4.69) is 5.32 Å². The maximum Gasteiger partial charge on any atom is 0.228 e. The molecule has 2 aromatic carbocycles. The van der Waals surface area contributed by atoms with Crippen molar-refractivity contribution in [2.45, 2.75) is 13.3 Å². The Hall–Kier alpha value is -2.49. The average molecular weight is 271 g/mol. The number of anilines is 1. The molecule has 0 aromatic heterocycles. The van der Waals surface area contributed by atoms with Crippen LogP contribution in [0.1, 0.15) is 12.5 Å². The van der Waals surface area contributed by atoms with Crippen LogP contribution in [0.2, 0.25) is 0 Å². The third-order valence-corrected chi connectivity index (χ3v) is 2.75. The Bertz CT molecular complexity index is 561. The third kappa shape index (κ3) is 4.02. The minimum Gasteiger partial charge on any atom is -0.508 e. The number of phenols is 1. The van der Waals surface area contributed by atoms with Gasteiger partial charge in [0.1, 0.15) is 11.5 Å². The number of nitrogens with one attached hydrogen (secondary N) is 1. The van der Waals surface area contributed by atoms with Crippen LogP contribution >= 0.6 is 0 Å². The number of hydrogen-bond donors (Lipinski definition) is 2. The summed E-state index contributed by atoms with van der Waals surface area (Å²) in [4.78, 5) is 11.9. The van der Waals surface area contributed by atoms with Crippen LogP contribution in [0.25, 0.3) is 0 Å². The second kappa shape index (κ2) is 6.61. The molecule has 0 heterocycles. The van der Waals surface area contributed by atoms with Gasteiger partial charge in [0.05, 0.1) is 13.0 Å². The zero-order chi connectivity index (χ0) is 14.4. The number of amides is 1. The van der Waals surface area contributed by atoms with E-state index in [0.29, 0.717) is 6.61 Å². The fourth-order valence-corrected chi connectivity index (χ4v) is 1.81. The van der Waals surface area contributed by atoms with Gasteiger partial charge in [0.25, 0.3) is 0 Å². The lowest BCUT2D eigenvalue weighted by molar-refractivity contribution is -0.115. The topological polar surface area (TPSA) is 58.6 Å². The summed E-state index contributed by atoms with van der Waals surface area (Å²) >= 11 is 0. The van der Waals surface area contributed by atoms with Gasteiger partial charge in [-0.1, -0.05) is 12.1 Å². The summed E-state index contributed by atoms with van der Waals surface area (Å²) in [5, 5.41) is 12.0. The normalized spacial score (nSPS) is 10.1. The van der Waals surface area contributed by atoms with Crippen LogP contribution in [0.5, 0.6) is 11.5 Å². The fraction of sp³-hybridized carbons (Fsp3) is 0.188. The smallest absolute Gasteiger partial charge is 0.228 e. The quantitative estimate of drug-likeness (QED) is 0.879. The van der Waals surface area contributed by atoms with Gasteiger partial charge < -0.3 is 15.2 Å². The molecule has 2 rings (SSSR count). The lowest BCUT2D eigenvalue weighted by atomic mass is 10.1. The van der Waals surface area contributed by atoms with Crippen molar-refractivity contribution in [2.24, 2.45) is 0 Å². The molecular formula is C16H17NO3. The van der Waals surface area contributed by atoms with Gasteiger partial charge in [0, 0.05) is 5.69 Å². The lowest BCUT2D eigenvalue weighted by Crippen LogP contribution is -2.14. The Morgan fingerprint density at radius 2 is 1.75 bits per heavy atom. The molecular weight excluding hydrogens is 254 g/mol. The van der Waals surface area contributed by atoms with Crippen LogP contribution in [-0.4, -0.2) is 17.6 Å². The summed E-state index contributed by atoms with van der Waals surface area (Å²) in [5.41, 5.74) is 1.59. The zero-order valence-corrected chi connectivity index (χ0v) is 11.3. The molecule has 0 fully saturated rings. The highest BCUT2D eigenvalue weighted by Crippen LogP contribution is 2.16. The highest BCUT2D eigenvalue weighted by Gasteiger charge is 2.04. The summed E-state index contributed by atoms with van der Waals surface area (Å²) in [6.45, 7) is 2.54. The molecule has 2 N–H and O–H groups in total. The van der Waals surface area contributed by atoms with Crippen LogP contribution in [0, 0.1) is 0 Å². The SMILES string of the molecule is CCOc1ccc(NC(=O)Cc2ccc(O)cc2)cc1. The Morgan fingerprint density at radius 1 is 1.10 bits per heavy atom. The van der Waals surface area contributed by atoms with Crippen LogP contribution in [0.4, 0.5) is 5.69 Å². The van der Waals surface area contributed by atoms with Crippen molar-refractivity contribution in [1.82, 2.24) is 0 Å². The molecule has 2 aromatic rings. The van der Waals surface area contributed by atoms with Crippen molar-refractivity contribution in [2.75, 3.05) is 11.9 Å². The number of carbonyl (C=O) groups is 1. The summed E-state index contributed by atoms with van der Waals surface area (Å²) in [6, 6.07) is 13.8. The summed E-state index contributed by atoms with van der Waals surface area (Å²) < 4.78 is 5.34. The van der Waals surface area contributed by atoms with Gasteiger partial charge in [-0.3, -0.25) is 4.79 Å². The molecule has 4 heteroatoms. The highest BCUT2D eigenvalue weighted by atomic mass is 16.5. The molecule has 0 aliphatic heterocycles. The summed E-state index contributed by atoms with van der Waals surface area (Å²) in [6.07, 6.45) is 0.271. The molecule has 0 saturated carbocycles. The zero-order valence-electron chi connectivity index (χ0n) is 11.3. The minimum absolute atomic E-state index is 0.0974. The van der Waals surface area contributed by atoms with Crippen molar-refractivity contribution in [3.63, 3.8) is 0 Å². The molecule has 4 nitrogen and oxygen atoms in total. The van der Waals surface area contributed by atoms with Gasteiger partial charge in [-0.15, -0.1) is 0 Å². The highest BCUT2D eigenvalue weighted by molar-refractivity contribution is 5.92. The molecule has 0 spiro atoms. The first-order chi connectivity index (χ1) is 9.67. The Balaban J connectivity index is 1.92. The maximum atomic E-state index is 11.9. The molecule has 1 amide bonds. The Kier molecular flexibility index (Phi) is 4.60. The van der Waals surface area contributed by atoms with E-state index in [4.69, 9.17) is 4.74 Å². The van der Waals surface area contributed by atoms with Crippen molar-refractivity contribution in [3.05, 3.63) is 54.1 Å². The predicted molar refractivity (Wildman–Crippen MR) is 78.1 cm³/mol. The standard InChI is InChI=1S/C16H17NO3/c1-2-20-15-9-5-13(6-10-15)17-16(19)11-12-3-7-14(18)8-4-12/h3-10,18H,2,11H2,1H3,(H,17,19).